The van der Waals surface area contributed by atoms with E-state index >= 15 is 0 Å². The number of H-pyrrole nitrogens is 1. The van der Waals surface area contributed by atoms with Gasteiger partial charge in [-0.15, -0.1) is 0 Å². The topological polar surface area (TPSA) is 92.9 Å². The highest BCUT2D eigenvalue weighted by atomic mass is 16.2. The van der Waals surface area contributed by atoms with E-state index in [0.29, 0.717) is 6.54 Å². The fourth-order valence-corrected chi connectivity index (χ4v) is 1.46. The summed E-state index contributed by atoms with van der Waals surface area (Å²) in [6.07, 6.45) is 0.775. The third-order valence-electron chi connectivity index (χ3n) is 2.12. The summed E-state index contributed by atoms with van der Waals surface area (Å²) in [4.78, 5) is 25.3. The number of nitrogens with two attached hydrogens (primary N) is 1. The Bertz CT molecular complexity index is 473. The Hall–Kier alpha value is -1.72. The van der Waals surface area contributed by atoms with Crippen molar-refractivity contribution in [1.82, 2.24) is 9.55 Å². The molecule has 1 heterocycles. The first-order valence-electron chi connectivity index (χ1n) is 5.36. The van der Waals surface area contributed by atoms with Gasteiger partial charge in [-0.3, -0.25) is 14.3 Å². The highest BCUT2D eigenvalue weighted by molar-refractivity contribution is 5.60. The maximum Gasteiger partial charge on any atom is 0.330 e. The van der Waals surface area contributed by atoms with Crippen molar-refractivity contribution >= 4 is 11.5 Å². The van der Waals surface area contributed by atoms with Gasteiger partial charge in [0.1, 0.15) is 11.5 Å². The molecule has 90 valence electrons. The highest BCUT2D eigenvalue weighted by Crippen LogP contribution is 2.11. The Labute approximate surface area is 93.5 Å². The Morgan fingerprint density at radius 2 is 2.06 bits per heavy atom. The van der Waals surface area contributed by atoms with E-state index in [-0.39, 0.29) is 17.5 Å². The number of hydrogen-bond acceptors (Lipinski definition) is 4. The molecule has 0 bridgehead atoms. The molecule has 0 saturated heterocycles. The van der Waals surface area contributed by atoms with Gasteiger partial charge in [0.15, 0.2) is 0 Å². The molecule has 4 N–H and O–H groups in total. The molecule has 0 saturated carbocycles. The van der Waals surface area contributed by atoms with Crippen LogP contribution in [0.15, 0.2) is 9.59 Å². The van der Waals surface area contributed by atoms with Crippen LogP contribution in [-0.4, -0.2) is 15.6 Å². The predicted octanol–water partition coefficient (Wildman–Crippen LogP) is 0.349. The molecule has 1 rings (SSSR count). The second kappa shape index (κ2) is 4.87. The van der Waals surface area contributed by atoms with Crippen LogP contribution < -0.4 is 22.3 Å². The Morgan fingerprint density at radius 3 is 2.56 bits per heavy atom. The van der Waals surface area contributed by atoms with Gasteiger partial charge in [-0.1, -0.05) is 6.92 Å². The van der Waals surface area contributed by atoms with Gasteiger partial charge in [0.2, 0.25) is 0 Å². The smallest absolute Gasteiger partial charge is 0.330 e. The molecular weight excluding hydrogens is 208 g/mol. The number of rotatable bonds is 4. The molecule has 0 aromatic carbocycles. The monoisotopic (exact) mass is 226 g/mol. The van der Waals surface area contributed by atoms with E-state index in [1.54, 1.807) is 0 Å². The molecule has 0 unspecified atom stereocenters. The van der Waals surface area contributed by atoms with Gasteiger partial charge in [0.05, 0.1) is 0 Å². The van der Waals surface area contributed by atoms with Crippen LogP contribution in [0.1, 0.15) is 27.2 Å². The zero-order valence-corrected chi connectivity index (χ0v) is 9.83. The Balaban J connectivity index is 3.33. The molecule has 0 aliphatic heterocycles. The van der Waals surface area contributed by atoms with E-state index in [9.17, 15) is 9.59 Å². The van der Waals surface area contributed by atoms with Crippen LogP contribution in [0.5, 0.6) is 0 Å². The number of anilines is 2. The molecule has 16 heavy (non-hydrogen) atoms. The van der Waals surface area contributed by atoms with E-state index in [1.165, 1.54) is 4.57 Å². The van der Waals surface area contributed by atoms with Crippen LogP contribution in [0.25, 0.3) is 0 Å². The quantitative estimate of drug-likeness (QED) is 0.690. The number of nitrogens with zero attached hydrogens (tertiary/aromatic N) is 1. The number of aromatic nitrogens is 2. The van der Waals surface area contributed by atoms with Crippen LogP contribution in [0.2, 0.25) is 0 Å². The number of hydrogen-bond donors (Lipinski definition) is 3. The molecule has 0 aliphatic rings. The van der Waals surface area contributed by atoms with E-state index < -0.39 is 11.2 Å². The van der Waals surface area contributed by atoms with Gasteiger partial charge in [0.25, 0.3) is 5.56 Å². The van der Waals surface area contributed by atoms with Crippen LogP contribution in [0, 0.1) is 0 Å². The Morgan fingerprint density at radius 1 is 1.44 bits per heavy atom. The third kappa shape index (κ3) is 2.44. The molecule has 0 fully saturated rings. The van der Waals surface area contributed by atoms with E-state index in [0.717, 1.165) is 6.42 Å². The largest absolute Gasteiger partial charge is 0.383 e. The molecule has 0 atom stereocenters. The van der Waals surface area contributed by atoms with Gasteiger partial charge in [0, 0.05) is 12.6 Å². The van der Waals surface area contributed by atoms with Gasteiger partial charge in [-0.05, 0) is 20.3 Å². The van der Waals surface area contributed by atoms with Crippen LogP contribution in [0.3, 0.4) is 0 Å². The van der Waals surface area contributed by atoms with Crippen molar-refractivity contribution < 1.29 is 0 Å². The summed E-state index contributed by atoms with van der Waals surface area (Å²) in [5.41, 5.74) is 5.14. The maximum atomic E-state index is 11.5. The average molecular weight is 226 g/mol. The lowest BCUT2D eigenvalue weighted by Crippen LogP contribution is -2.35. The van der Waals surface area contributed by atoms with E-state index in [1.807, 2.05) is 20.8 Å². The van der Waals surface area contributed by atoms with E-state index in [4.69, 9.17) is 5.73 Å². The average Bonchev–Trinajstić information content (AvgIpc) is 2.19. The second-order valence-electron chi connectivity index (χ2n) is 3.97. The molecule has 6 heteroatoms. The standard InChI is InChI=1S/C10H18N4O2/c1-4-5-14-8(11)7(12-6(2)3)9(15)13-10(14)16/h6,12H,4-5,11H2,1-3H3,(H,13,15,16). The van der Waals surface area contributed by atoms with Gasteiger partial charge in [-0.2, -0.15) is 0 Å². The zero-order valence-electron chi connectivity index (χ0n) is 9.83. The lowest BCUT2D eigenvalue weighted by molar-refractivity contribution is 0.641. The number of aromatic amines is 1. The maximum absolute atomic E-state index is 11.5. The fraction of sp³-hybridized carbons (Fsp3) is 0.600. The van der Waals surface area contributed by atoms with Gasteiger partial charge in [-0.25, -0.2) is 4.79 Å². The minimum Gasteiger partial charge on any atom is -0.383 e. The second-order valence-corrected chi connectivity index (χ2v) is 3.97. The molecular formula is C10H18N4O2. The molecule has 6 nitrogen and oxygen atoms in total. The summed E-state index contributed by atoms with van der Waals surface area (Å²) in [7, 11) is 0. The summed E-state index contributed by atoms with van der Waals surface area (Å²) < 4.78 is 1.37. The van der Waals surface area contributed by atoms with Crippen molar-refractivity contribution in [3.63, 3.8) is 0 Å². The minimum atomic E-state index is -0.469. The normalized spacial score (nSPS) is 10.8. The minimum absolute atomic E-state index is 0.0796. The Kier molecular flexibility index (Phi) is 3.76. The van der Waals surface area contributed by atoms with Gasteiger partial charge < -0.3 is 11.1 Å². The fourth-order valence-electron chi connectivity index (χ4n) is 1.46. The van der Waals surface area contributed by atoms with Gasteiger partial charge >= 0.3 is 5.69 Å². The molecule has 0 radical (unpaired) electrons. The van der Waals surface area contributed by atoms with Crippen LogP contribution >= 0.6 is 0 Å². The lowest BCUT2D eigenvalue weighted by Gasteiger charge is -2.14. The first kappa shape index (κ1) is 12.4. The predicted molar refractivity (Wildman–Crippen MR) is 64.8 cm³/mol. The van der Waals surface area contributed by atoms with Crippen molar-refractivity contribution in [2.75, 3.05) is 11.1 Å². The molecule has 1 aromatic heterocycles. The summed E-state index contributed by atoms with van der Waals surface area (Å²) in [6.45, 7) is 6.23. The third-order valence-corrected chi connectivity index (χ3v) is 2.12. The van der Waals surface area contributed by atoms with Crippen molar-refractivity contribution in [2.24, 2.45) is 0 Å². The van der Waals surface area contributed by atoms with Crippen molar-refractivity contribution in [3.05, 3.63) is 20.8 Å². The molecule has 0 aliphatic carbocycles. The molecule has 0 spiro atoms. The summed E-state index contributed by atoms with van der Waals surface area (Å²) in [6, 6.07) is 0.0796. The SMILES string of the molecule is CCCn1c(N)c(NC(C)C)c(=O)[nH]c1=O. The van der Waals surface area contributed by atoms with E-state index in [2.05, 4.69) is 10.3 Å². The number of nitrogen functional groups attached to an aromatic ring is 1. The number of nitrogens with one attached hydrogen (secondary N) is 2. The lowest BCUT2D eigenvalue weighted by atomic mass is 10.3. The van der Waals surface area contributed by atoms with Crippen LogP contribution in [-0.2, 0) is 6.54 Å². The molecule has 1 aromatic rings. The highest BCUT2D eigenvalue weighted by Gasteiger charge is 2.11. The molecule has 0 amide bonds. The summed E-state index contributed by atoms with van der Waals surface area (Å²) in [5, 5.41) is 2.94. The van der Waals surface area contributed by atoms with Crippen molar-refractivity contribution in [2.45, 2.75) is 39.8 Å². The first-order valence-corrected chi connectivity index (χ1v) is 5.36. The van der Waals surface area contributed by atoms with Crippen molar-refractivity contribution in [1.29, 1.82) is 0 Å². The van der Waals surface area contributed by atoms with Crippen LogP contribution in [0.4, 0.5) is 11.5 Å². The summed E-state index contributed by atoms with van der Waals surface area (Å²) >= 11 is 0. The van der Waals surface area contributed by atoms with Crippen molar-refractivity contribution in [3.8, 4) is 0 Å². The summed E-state index contributed by atoms with van der Waals surface area (Å²) in [5.74, 6) is 0.198. The zero-order chi connectivity index (χ0) is 12.3. The first-order chi connectivity index (χ1) is 7.47.